The smallest absolute Gasteiger partial charge is 0.227 e. The summed E-state index contributed by atoms with van der Waals surface area (Å²) in [4.78, 5) is 14.2. The van der Waals surface area contributed by atoms with E-state index in [9.17, 15) is 4.79 Å². The summed E-state index contributed by atoms with van der Waals surface area (Å²) in [5.74, 6) is 0.106. The molecule has 0 bridgehead atoms. The zero-order valence-electron chi connectivity index (χ0n) is 12.1. The van der Waals surface area contributed by atoms with Crippen LogP contribution in [0.15, 0.2) is 36.7 Å². The Morgan fingerprint density at radius 3 is 2.91 bits per heavy atom. The lowest BCUT2D eigenvalue weighted by molar-refractivity contribution is -0.138. The summed E-state index contributed by atoms with van der Waals surface area (Å²) in [5.41, 5.74) is 0.966. The van der Waals surface area contributed by atoms with Crippen LogP contribution in [-0.2, 0) is 22.5 Å². The summed E-state index contributed by atoms with van der Waals surface area (Å²) in [6.45, 7) is 2.35. The minimum Gasteiger partial charge on any atom is -0.373 e. The molecule has 7 heteroatoms. The number of hydrogen-bond acceptors (Lipinski definition) is 4. The number of nitrogens with zero attached hydrogens (tertiary/aromatic N) is 4. The van der Waals surface area contributed by atoms with Crippen LogP contribution in [0.1, 0.15) is 5.56 Å². The molecule has 1 amide bonds. The Morgan fingerprint density at radius 1 is 1.36 bits per heavy atom. The molecule has 2 heterocycles. The van der Waals surface area contributed by atoms with Gasteiger partial charge in [0, 0.05) is 24.3 Å². The predicted octanol–water partition coefficient (Wildman–Crippen LogP) is 1.40. The number of rotatable bonds is 4. The topological polar surface area (TPSA) is 60.2 Å². The number of carbonyl (C=O) groups is 1. The number of hydrogen-bond donors (Lipinski definition) is 0. The van der Waals surface area contributed by atoms with Crippen molar-refractivity contribution in [3.8, 4) is 0 Å². The van der Waals surface area contributed by atoms with Gasteiger partial charge in [-0.05, 0) is 17.7 Å². The average Bonchev–Trinajstić information content (AvgIpc) is 3.03. The Morgan fingerprint density at radius 2 is 2.18 bits per heavy atom. The van der Waals surface area contributed by atoms with E-state index in [-0.39, 0.29) is 12.0 Å². The van der Waals surface area contributed by atoms with Crippen molar-refractivity contribution >= 4 is 17.5 Å². The second kappa shape index (κ2) is 6.89. The average molecular weight is 321 g/mol. The Bertz CT molecular complexity index is 615. The van der Waals surface area contributed by atoms with Crippen LogP contribution < -0.4 is 0 Å². The molecule has 1 atom stereocenters. The van der Waals surface area contributed by atoms with Gasteiger partial charge in [0.05, 0.1) is 31.9 Å². The van der Waals surface area contributed by atoms with E-state index < -0.39 is 0 Å². The molecule has 0 radical (unpaired) electrons. The summed E-state index contributed by atoms with van der Waals surface area (Å²) in [7, 11) is 0. The first-order valence-electron chi connectivity index (χ1n) is 7.18. The van der Waals surface area contributed by atoms with Crippen molar-refractivity contribution in [1.82, 2.24) is 19.9 Å². The largest absolute Gasteiger partial charge is 0.373 e. The fourth-order valence-corrected chi connectivity index (χ4v) is 2.61. The normalized spacial score (nSPS) is 18.4. The number of benzene rings is 1. The molecular formula is C15H17ClN4O2. The van der Waals surface area contributed by atoms with Crippen molar-refractivity contribution in [2.45, 2.75) is 19.1 Å². The molecule has 1 aliphatic rings. The molecule has 116 valence electrons. The number of amides is 1. The van der Waals surface area contributed by atoms with Gasteiger partial charge in [0.2, 0.25) is 5.91 Å². The third-order valence-electron chi connectivity index (χ3n) is 3.62. The number of ether oxygens (including phenoxy) is 1. The van der Waals surface area contributed by atoms with E-state index in [2.05, 4.69) is 10.3 Å². The third-order valence-corrected chi connectivity index (χ3v) is 3.87. The standard InChI is InChI=1S/C15H17ClN4O2/c16-13-3-1-12(2-4-13)9-15(21)19-7-8-22-14(10-19)11-20-6-5-17-18-20/h1-6,14H,7-11H2. The molecule has 0 saturated carbocycles. The fourth-order valence-electron chi connectivity index (χ4n) is 2.48. The zero-order chi connectivity index (χ0) is 15.4. The van der Waals surface area contributed by atoms with Gasteiger partial charge in [0.1, 0.15) is 0 Å². The maximum absolute atomic E-state index is 12.4. The second-order valence-electron chi connectivity index (χ2n) is 5.26. The number of aromatic nitrogens is 3. The summed E-state index contributed by atoms with van der Waals surface area (Å²) >= 11 is 5.86. The molecule has 2 aromatic rings. The third kappa shape index (κ3) is 3.84. The minimum absolute atomic E-state index is 0.0513. The molecule has 1 aromatic carbocycles. The van der Waals surface area contributed by atoms with Gasteiger partial charge in [-0.2, -0.15) is 0 Å². The van der Waals surface area contributed by atoms with Crippen molar-refractivity contribution < 1.29 is 9.53 Å². The van der Waals surface area contributed by atoms with Gasteiger partial charge in [-0.15, -0.1) is 5.10 Å². The fraction of sp³-hybridized carbons (Fsp3) is 0.400. The van der Waals surface area contributed by atoms with E-state index in [1.54, 1.807) is 29.2 Å². The van der Waals surface area contributed by atoms with E-state index in [0.29, 0.717) is 37.7 Å². The quantitative estimate of drug-likeness (QED) is 0.854. The zero-order valence-corrected chi connectivity index (χ0v) is 12.8. The van der Waals surface area contributed by atoms with Crippen LogP contribution in [0.2, 0.25) is 5.02 Å². The predicted molar refractivity (Wildman–Crippen MR) is 81.5 cm³/mol. The Hall–Kier alpha value is -1.92. The highest BCUT2D eigenvalue weighted by Crippen LogP contribution is 2.13. The van der Waals surface area contributed by atoms with Crippen molar-refractivity contribution in [3.05, 3.63) is 47.2 Å². The lowest BCUT2D eigenvalue weighted by Gasteiger charge is -2.33. The minimum atomic E-state index is -0.0513. The lowest BCUT2D eigenvalue weighted by Crippen LogP contribution is -2.47. The van der Waals surface area contributed by atoms with Crippen LogP contribution in [0.25, 0.3) is 0 Å². The molecule has 3 rings (SSSR count). The van der Waals surface area contributed by atoms with Crippen LogP contribution in [0.3, 0.4) is 0 Å². The van der Waals surface area contributed by atoms with Crippen LogP contribution in [0.4, 0.5) is 0 Å². The van der Waals surface area contributed by atoms with Crippen molar-refractivity contribution in [3.63, 3.8) is 0 Å². The Balaban J connectivity index is 1.56. The maximum atomic E-state index is 12.4. The SMILES string of the molecule is O=C(Cc1ccc(Cl)cc1)N1CCOC(Cn2ccnn2)C1. The van der Waals surface area contributed by atoms with Gasteiger partial charge in [-0.25, -0.2) is 4.68 Å². The summed E-state index contributed by atoms with van der Waals surface area (Å²) in [5, 5.41) is 8.37. The Kier molecular flexibility index (Phi) is 4.70. The van der Waals surface area contributed by atoms with E-state index in [1.165, 1.54) is 0 Å². The molecule has 1 aliphatic heterocycles. The molecule has 0 N–H and O–H groups in total. The van der Waals surface area contributed by atoms with Gasteiger partial charge < -0.3 is 9.64 Å². The lowest BCUT2D eigenvalue weighted by atomic mass is 10.1. The van der Waals surface area contributed by atoms with E-state index in [4.69, 9.17) is 16.3 Å². The maximum Gasteiger partial charge on any atom is 0.227 e. The number of halogens is 1. The second-order valence-corrected chi connectivity index (χ2v) is 5.70. The van der Waals surface area contributed by atoms with Gasteiger partial charge in [0.25, 0.3) is 0 Å². The monoisotopic (exact) mass is 320 g/mol. The molecule has 22 heavy (non-hydrogen) atoms. The summed E-state index contributed by atoms with van der Waals surface area (Å²) < 4.78 is 7.42. The highest BCUT2D eigenvalue weighted by molar-refractivity contribution is 6.30. The highest BCUT2D eigenvalue weighted by atomic mass is 35.5. The van der Waals surface area contributed by atoms with E-state index in [0.717, 1.165) is 5.56 Å². The number of morpholine rings is 1. The van der Waals surface area contributed by atoms with Crippen LogP contribution in [0.5, 0.6) is 0 Å². The van der Waals surface area contributed by atoms with Crippen molar-refractivity contribution in [2.24, 2.45) is 0 Å². The first kappa shape index (κ1) is 15.0. The van der Waals surface area contributed by atoms with Gasteiger partial charge >= 0.3 is 0 Å². The van der Waals surface area contributed by atoms with Crippen LogP contribution >= 0.6 is 11.6 Å². The molecule has 0 spiro atoms. The molecule has 1 aromatic heterocycles. The van der Waals surface area contributed by atoms with Gasteiger partial charge in [-0.1, -0.05) is 28.9 Å². The summed E-state index contributed by atoms with van der Waals surface area (Å²) in [6, 6.07) is 7.37. The molecule has 1 unspecified atom stereocenters. The highest BCUT2D eigenvalue weighted by Gasteiger charge is 2.24. The van der Waals surface area contributed by atoms with Crippen LogP contribution in [-0.4, -0.2) is 51.6 Å². The number of carbonyl (C=O) groups excluding carboxylic acids is 1. The first-order valence-corrected chi connectivity index (χ1v) is 7.56. The van der Waals surface area contributed by atoms with Gasteiger partial charge in [0.15, 0.2) is 0 Å². The molecule has 6 nitrogen and oxygen atoms in total. The Labute approximate surface area is 133 Å². The van der Waals surface area contributed by atoms with E-state index in [1.807, 2.05) is 17.0 Å². The van der Waals surface area contributed by atoms with Crippen molar-refractivity contribution in [1.29, 1.82) is 0 Å². The first-order chi connectivity index (χ1) is 10.7. The molecule has 1 saturated heterocycles. The van der Waals surface area contributed by atoms with Crippen LogP contribution in [0, 0.1) is 0 Å². The van der Waals surface area contributed by atoms with Crippen molar-refractivity contribution in [2.75, 3.05) is 19.7 Å². The molecule has 0 aliphatic carbocycles. The summed E-state index contributed by atoms with van der Waals surface area (Å²) in [6.07, 6.45) is 3.75. The van der Waals surface area contributed by atoms with Gasteiger partial charge in [-0.3, -0.25) is 4.79 Å². The van der Waals surface area contributed by atoms with E-state index >= 15 is 0 Å². The molecule has 1 fully saturated rings. The molecular weight excluding hydrogens is 304 g/mol.